The molecule has 21 heavy (non-hydrogen) atoms. The van der Waals surface area contributed by atoms with Crippen LogP contribution in [0.4, 0.5) is 5.69 Å². The zero-order valence-electron chi connectivity index (χ0n) is 12.1. The van der Waals surface area contributed by atoms with E-state index in [-0.39, 0.29) is 19.0 Å². The predicted molar refractivity (Wildman–Crippen MR) is 83.5 cm³/mol. The lowest BCUT2D eigenvalue weighted by Crippen LogP contribution is -2.38. The van der Waals surface area contributed by atoms with Crippen molar-refractivity contribution in [2.45, 2.75) is 6.92 Å². The molecule has 0 fully saturated rings. The van der Waals surface area contributed by atoms with Crippen LogP contribution in [0.1, 0.15) is 5.56 Å². The number of benzene rings is 1. The van der Waals surface area contributed by atoms with E-state index in [0.29, 0.717) is 18.8 Å². The Morgan fingerprint density at radius 3 is 2.67 bits per heavy atom. The maximum Gasteiger partial charge on any atom is 0.317 e. The van der Waals surface area contributed by atoms with Crippen LogP contribution in [0.25, 0.3) is 0 Å². The second kappa shape index (κ2) is 8.76. The normalized spacial score (nSPS) is 10.7. The Bertz CT molecular complexity index is 508. The molecule has 0 aromatic heterocycles. The Hall–Kier alpha value is -1.44. The Balaban J connectivity index is 2.59. The minimum atomic E-state index is -0.974. The molecule has 6 nitrogen and oxygen atoms in total. The Labute approximate surface area is 132 Å². The van der Waals surface area contributed by atoms with Gasteiger partial charge in [0.25, 0.3) is 0 Å². The van der Waals surface area contributed by atoms with Crippen molar-refractivity contribution >= 4 is 33.5 Å². The molecule has 1 amide bonds. The lowest BCUT2D eigenvalue weighted by molar-refractivity contribution is -0.138. The molecule has 1 aromatic carbocycles. The van der Waals surface area contributed by atoms with Gasteiger partial charge in [0.15, 0.2) is 0 Å². The van der Waals surface area contributed by atoms with E-state index in [1.54, 1.807) is 6.07 Å². The summed E-state index contributed by atoms with van der Waals surface area (Å²) in [5, 5.41) is 11.6. The van der Waals surface area contributed by atoms with Gasteiger partial charge in [-0.2, -0.15) is 0 Å². The second-order valence-corrected chi connectivity index (χ2v) is 5.46. The number of carboxylic acids is 1. The molecule has 0 bridgehead atoms. The smallest absolute Gasteiger partial charge is 0.317 e. The highest BCUT2D eigenvalue weighted by atomic mass is 79.9. The molecule has 116 valence electrons. The van der Waals surface area contributed by atoms with E-state index in [0.717, 1.165) is 10.0 Å². The number of aryl methyl sites for hydroxylation is 1. The standard InChI is InChI=1S/C14H19BrN2O4/c1-10-7-11(3-4-12(10)15)16-13(18)8-17(5-6-21-2)9-14(19)20/h3-4,7H,5-6,8-9H2,1-2H3,(H,16,18)(H,19,20). The second-order valence-electron chi connectivity index (χ2n) is 4.61. The highest BCUT2D eigenvalue weighted by molar-refractivity contribution is 9.10. The fraction of sp³-hybridized carbons (Fsp3) is 0.429. The molecule has 0 spiro atoms. The maximum absolute atomic E-state index is 12.0. The first-order valence-corrected chi connectivity index (χ1v) is 7.20. The van der Waals surface area contributed by atoms with Gasteiger partial charge < -0.3 is 15.2 Å². The zero-order valence-corrected chi connectivity index (χ0v) is 13.6. The number of hydrogen-bond acceptors (Lipinski definition) is 4. The van der Waals surface area contributed by atoms with Crippen LogP contribution in [0.5, 0.6) is 0 Å². The van der Waals surface area contributed by atoms with E-state index in [4.69, 9.17) is 9.84 Å². The molecule has 0 aliphatic carbocycles. The van der Waals surface area contributed by atoms with Crippen LogP contribution in [-0.2, 0) is 14.3 Å². The zero-order chi connectivity index (χ0) is 15.8. The van der Waals surface area contributed by atoms with Crippen molar-refractivity contribution in [1.29, 1.82) is 0 Å². The van der Waals surface area contributed by atoms with Crippen LogP contribution in [0, 0.1) is 6.92 Å². The summed E-state index contributed by atoms with van der Waals surface area (Å²) in [4.78, 5) is 24.3. The first kappa shape index (κ1) is 17.6. The van der Waals surface area contributed by atoms with Crippen molar-refractivity contribution in [3.8, 4) is 0 Å². The summed E-state index contributed by atoms with van der Waals surface area (Å²) in [5.41, 5.74) is 1.69. The molecular weight excluding hydrogens is 340 g/mol. The molecule has 1 rings (SSSR count). The molecule has 1 aromatic rings. The lowest BCUT2D eigenvalue weighted by Gasteiger charge is -2.19. The van der Waals surface area contributed by atoms with E-state index in [1.165, 1.54) is 12.0 Å². The number of carbonyl (C=O) groups excluding carboxylic acids is 1. The van der Waals surface area contributed by atoms with Crippen LogP contribution in [0.2, 0.25) is 0 Å². The minimum Gasteiger partial charge on any atom is -0.480 e. The molecule has 7 heteroatoms. The number of methoxy groups -OCH3 is 1. The number of carboxylic acid groups (broad SMARTS) is 1. The van der Waals surface area contributed by atoms with E-state index < -0.39 is 5.97 Å². The molecule has 0 saturated heterocycles. The molecule has 2 N–H and O–H groups in total. The van der Waals surface area contributed by atoms with Gasteiger partial charge in [0.2, 0.25) is 5.91 Å². The molecule has 0 aliphatic rings. The molecule has 0 saturated carbocycles. The van der Waals surface area contributed by atoms with Gasteiger partial charge in [-0.1, -0.05) is 15.9 Å². The summed E-state index contributed by atoms with van der Waals surface area (Å²) in [6.07, 6.45) is 0. The Morgan fingerprint density at radius 2 is 2.10 bits per heavy atom. The molecular formula is C14H19BrN2O4. The van der Waals surface area contributed by atoms with E-state index >= 15 is 0 Å². The van der Waals surface area contributed by atoms with Crippen LogP contribution in [0.15, 0.2) is 22.7 Å². The summed E-state index contributed by atoms with van der Waals surface area (Å²) in [6, 6.07) is 5.48. The van der Waals surface area contributed by atoms with Crippen molar-refractivity contribution in [3.05, 3.63) is 28.2 Å². The molecule has 0 unspecified atom stereocenters. The molecule has 0 atom stereocenters. The van der Waals surface area contributed by atoms with Gasteiger partial charge in [0.05, 0.1) is 19.7 Å². The van der Waals surface area contributed by atoms with Crippen molar-refractivity contribution in [2.24, 2.45) is 0 Å². The van der Waals surface area contributed by atoms with Crippen LogP contribution >= 0.6 is 15.9 Å². The molecule has 0 radical (unpaired) electrons. The average Bonchev–Trinajstić information content (AvgIpc) is 2.39. The van der Waals surface area contributed by atoms with Crippen molar-refractivity contribution < 1.29 is 19.4 Å². The first-order valence-electron chi connectivity index (χ1n) is 6.41. The van der Waals surface area contributed by atoms with Gasteiger partial charge in [0.1, 0.15) is 0 Å². The van der Waals surface area contributed by atoms with E-state index in [9.17, 15) is 9.59 Å². The van der Waals surface area contributed by atoms with Crippen LogP contribution in [0.3, 0.4) is 0 Å². The highest BCUT2D eigenvalue weighted by Crippen LogP contribution is 2.19. The molecule has 0 heterocycles. The fourth-order valence-electron chi connectivity index (χ4n) is 1.75. The number of nitrogens with one attached hydrogen (secondary N) is 1. The number of anilines is 1. The quantitative estimate of drug-likeness (QED) is 0.739. The number of halogens is 1. The highest BCUT2D eigenvalue weighted by Gasteiger charge is 2.14. The average molecular weight is 359 g/mol. The first-order chi connectivity index (χ1) is 9.92. The summed E-state index contributed by atoms with van der Waals surface area (Å²) in [5.74, 6) is -1.23. The van der Waals surface area contributed by atoms with Crippen LogP contribution in [-0.4, -0.2) is 55.2 Å². The van der Waals surface area contributed by atoms with Crippen molar-refractivity contribution in [3.63, 3.8) is 0 Å². The molecule has 0 aliphatic heterocycles. The third-order valence-corrected chi connectivity index (χ3v) is 3.67. The van der Waals surface area contributed by atoms with Crippen LogP contribution < -0.4 is 5.32 Å². The van der Waals surface area contributed by atoms with E-state index in [1.807, 2.05) is 19.1 Å². The van der Waals surface area contributed by atoms with Gasteiger partial charge in [-0.3, -0.25) is 14.5 Å². The number of rotatable bonds is 8. The van der Waals surface area contributed by atoms with Gasteiger partial charge >= 0.3 is 5.97 Å². The number of nitrogens with zero attached hydrogens (tertiary/aromatic N) is 1. The Kier molecular flexibility index (Phi) is 7.35. The SMILES string of the molecule is COCCN(CC(=O)O)CC(=O)Nc1ccc(Br)c(C)c1. The monoisotopic (exact) mass is 358 g/mol. The van der Waals surface area contributed by atoms with Crippen molar-refractivity contribution in [2.75, 3.05) is 38.7 Å². The largest absolute Gasteiger partial charge is 0.480 e. The van der Waals surface area contributed by atoms with E-state index in [2.05, 4.69) is 21.2 Å². The Morgan fingerprint density at radius 1 is 1.38 bits per heavy atom. The fourth-order valence-corrected chi connectivity index (χ4v) is 2.00. The van der Waals surface area contributed by atoms with Crippen molar-refractivity contribution in [1.82, 2.24) is 4.90 Å². The lowest BCUT2D eigenvalue weighted by atomic mass is 10.2. The van der Waals surface area contributed by atoms with Gasteiger partial charge in [-0.15, -0.1) is 0 Å². The summed E-state index contributed by atoms with van der Waals surface area (Å²) in [6.45, 7) is 2.49. The van der Waals surface area contributed by atoms with Gasteiger partial charge in [-0.05, 0) is 30.7 Å². The number of aliphatic carboxylic acids is 1. The topological polar surface area (TPSA) is 78.9 Å². The number of ether oxygens (including phenoxy) is 1. The predicted octanol–water partition coefficient (Wildman–Crippen LogP) is 1.73. The number of amides is 1. The third-order valence-electron chi connectivity index (χ3n) is 2.78. The number of hydrogen-bond donors (Lipinski definition) is 2. The van der Waals surface area contributed by atoms with Gasteiger partial charge in [-0.25, -0.2) is 0 Å². The minimum absolute atomic E-state index is 0.00473. The van der Waals surface area contributed by atoms with Gasteiger partial charge in [0, 0.05) is 23.8 Å². The summed E-state index contributed by atoms with van der Waals surface area (Å²) >= 11 is 3.39. The summed E-state index contributed by atoms with van der Waals surface area (Å²) < 4.78 is 5.88. The third kappa shape index (κ3) is 6.70. The maximum atomic E-state index is 12.0. The summed E-state index contributed by atoms with van der Waals surface area (Å²) in [7, 11) is 1.53. The number of carbonyl (C=O) groups is 2.